The molecule has 10 nitrogen and oxygen atoms in total. The fourth-order valence-corrected chi connectivity index (χ4v) is 7.67. The molecular formula is C23H27N5O5S2. The molecule has 3 aromatic heterocycles. The quantitative estimate of drug-likeness (QED) is 0.399. The number of nitrogens with zero attached hydrogens (tertiary/aromatic N) is 5. The molecule has 186 valence electrons. The minimum absolute atomic E-state index is 0.0853. The van der Waals surface area contributed by atoms with Crippen LogP contribution in [0, 0.1) is 0 Å². The van der Waals surface area contributed by atoms with Gasteiger partial charge in [0.1, 0.15) is 17.4 Å². The maximum absolute atomic E-state index is 13.3. The van der Waals surface area contributed by atoms with E-state index in [4.69, 9.17) is 0 Å². The predicted octanol–water partition coefficient (Wildman–Crippen LogP) is 2.66. The standard InChI is InChI=1S/C23H27N5O5S2/c1-3-13-34(30,31)26-11-9-17(15-26)28-21-19-10-12-27(35(32,33)18-7-5-4-6-8-18)23(19)24-14-20(21)25-22(28)16(2)29/h4-8,10,12,14,16-17,29H,3,9,11,13,15H2,1-2H3/t16-,17-/m1/s1. The number of benzene rings is 1. The first-order valence-corrected chi connectivity index (χ1v) is 14.5. The van der Waals surface area contributed by atoms with Crippen molar-refractivity contribution >= 4 is 42.1 Å². The zero-order chi connectivity index (χ0) is 25.0. The number of hydrogen-bond acceptors (Lipinski definition) is 7. The Bertz CT molecular complexity index is 1610. The van der Waals surface area contributed by atoms with E-state index >= 15 is 0 Å². The van der Waals surface area contributed by atoms with Gasteiger partial charge in [0.05, 0.1) is 28.4 Å². The average molecular weight is 518 g/mol. The van der Waals surface area contributed by atoms with E-state index in [1.807, 2.05) is 11.5 Å². The largest absolute Gasteiger partial charge is 0.385 e. The molecule has 0 unspecified atom stereocenters. The number of aliphatic hydroxyl groups excluding tert-OH is 1. The number of hydrogen-bond donors (Lipinski definition) is 1. The summed E-state index contributed by atoms with van der Waals surface area (Å²) in [6, 6.07) is 9.54. The van der Waals surface area contributed by atoms with Gasteiger partial charge in [0, 0.05) is 24.7 Å². The zero-order valence-electron chi connectivity index (χ0n) is 19.4. The van der Waals surface area contributed by atoms with Crippen molar-refractivity contribution in [1.82, 2.24) is 22.8 Å². The molecule has 1 aromatic carbocycles. The first-order chi connectivity index (χ1) is 16.6. The number of pyridine rings is 1. The normalized spacial score (nSPS) is 18.5. The summed E-state index contributed by atoms with van der Waals surface area (Å²) in [6.07, 6.45) is 3.14. The summed E-state index contributed by atoms with van der Waals surface area (Å²) in [5.74, 6) is 0.481. The molecule has 4 aromatic rings. The summed E-state index contributed by atoms with van der Waals surface area (Å²) in [4.78, 5) is 9.13. The van der Waals surface area contributed by atoms with Crippen molar-refractivity contribution in [3.05, 3.63) is 54.6 Å². The van der Waals surface area contributed by atoms with Gasteiger partial charge in [-0.2, -0.15) is 4.31 Å². The fraction of sp³-hybridized carbons (Fsp3) is 0.391. The highest BCUT2D eigenvalue weighted by Crippen LogP contribution is 2.35. The van der Waals surface area contributed by atoms with Gasteiger partial charge in [-0.3, -0.25) is 0 Å². The Hall–Kier alpha value is -2.80. The van der Waals surface area contributed by atoms with Crippen LogP contribution in [0.15, 0.2) is 53.7 Å². The molecule has 1 aliphatic heterocycles. The number of aromatic nitrogens is 4. The maximum atomic E-state index is 13.3. The van der Waals surface area contributed by atoms with Gasteiger partial charge in [-0.25, -0.2) is 30.8 Å². The molecule has 0 spiro atoms. The van der Waals surface area contributed by atoms with E-state index in [2.05, 4.69) is 9.97 Å². The highest BCUT2D eigenvalue weighted by molar-refractivity contribution is 7.90. The number of imidazole rings is 1. The van der Waals surface area contributed by atoms with Crippen LogP contribution in [0.25, 0.3) is 22.1 Å². The highest BCUT2D eigenvalue weighted by atomic mass is 32.2. The van der Waals surface area contributed by atoms with Crippen LogP contribution < -0.4 is 0 Å². The lowest BCUT2D eigenvalue weighted by atomic mass is 10.2. The summed E-state index contributed by atoms with van der Waals surface area (Å²) in [6.45, 7) is 4.08. The molecule has 35 heavy (non-hydrogen) atoms. The van der Waals surface area contributed by atoms with Gasteiger partial charge in [0.15, 0.2) is 5.65 Å². The Balaban J connectivity index is 1.67. The van der Waals surface area contributed by atoms with E-state index in [1.54, 1.807) is 31.2 Å². The van der Waals surface area contributed by atoms with Gasteiger partial charge in [-0.15, -0.1) is 0 Å². The smallest absolute Gasteiger partial charge is 0.269 e. The van der Waals surface area contributed by atoms with Crippen LogP contribution >= 0.6 is 0 Å². The van der Waals surface area contributed by atoms with Crippen LogP contribution in [0.4, 0.5) is 0 Å². The molecule has 1 N–H and O–H groups in total. The number of rotatable bonds is 7. The van der Waals surface area contributed by atoms with Crippen LogP contribution in [-0.4, -0.2) is 63.6 Å². The number of sulfonamides is 1. The second-order valence-corrected chi connectivity index (χ2v) is 12.7. The molecule has 0 bridgehead atoms. The Morgan fingerprint density at radius 2 is 1.89 bits per heavy atom. The fourth-order valence-electron chi connectivity index (χ4n) is 4.79. The summed E-state index contributed by atoms with van der Waals surface area (Å²) in [7, 11) is -7.25. The lowest BCUT2D eigenvalue weighted by molar-refractivity contribution is 0.182. The third-order valence-corrected chi connectivity index (χ3v) is 10.1. The van der Waals surface area contributed by atoms with Crippen molar-refractivity contribution < 1.29 is 21.9 Å². The molecule has 1 saturated heterocycles. The van der Waals surface area contributed by atoms with Crippen LogP contribution in [-0.2, 0) is 20.0 Å². The Labute approximate surface area is 203 Å². The van der Waals surface area contributed by atoms with Crippen LogP contribution in [0.1, 0.15) is 44.7 Å². The Kier molecular flexibility index (Phi) is 5.94. The monoisotopic (exact) mass is 517 g/mol. The molecule has 1 fully saturated rings. The summed E-state index contributed by atoms with van der Waals surface area (Å²) in [5, 5.41) is 11.1. The molecule has 2 atom stereocenters. The van der Waals surface area contributed by atoms with Crippen molar-refractivity contribution in [2.75, 3.05) is 18.8 Å². The first-order valence-electron chi connectivity index (χ1n) is 11.5. The average Bonchev–Trinajstić information content (AvgIpc) is 3.55. The van der Waals surface area contributed by atoms with Crippen molar-refractivity contribution in [3.63, 3.8) is 0 Å². The minimum atomic E-state index is -3.88. The molecule has 1 aliphatic rings. The maximum Gasteiger partial charge on any atom is 0.269 e. The Morgan fingerprint density at radius 1 is 1.14 bits per heavy atom. The van der Waals surface area contributed by atoms with Gasteiger partial charge < -0.3 is 9.67 Å². The minimum Gasteiger partial charge on any atom is -0.385 e. The van der Waals surface area contributed by atoms with E-state index < -0.39 is 26.2 Å². The third kappa shape index (κ3) is 3.94. The highest BCUT2D eigenvalue weighted by Gasteiger charge is 2.35. The molecule has 12 heteroatoms. The lowest BCUT2D eigenvalue weighted by Crippen LogP contribution is -2.31. The molecular weight excluding hydrogens is 490 g/mol. The first kappa shape index (κ1) is 23.9. The molecule has 0 saturated carbocycles. The van der Waals surface area contributed by atoms with Gasteiger partial charge in [-0.1, -0.05) is 25.1 Å². The molecule has 0 radical (unpaired) electrons. The van der Waals surface area contributed by atoms with Crippen LogP contribution in [0.3, 0.4) is 0 Å². The second kappa shape index (κ2) is 8.70. The van der Waals surface area contributed by atoms with Gasteiger partial charge in [0.25, 0.3) is 10.0 Å². The van der Waals surface area contributed by atoms with Gasteiger partial charge in [0.2, 0.25) is 10.0 Å². The van der Waals surface area contributed by atoms with Gasteiger partial charge >= 0.3 is 0 Å². The zero-order valence-corrected chi connectivity index (χ0v) is 21.1. The second-order valence-electron chi connectivity index (χ2n) is 8.79. The van der Waals surface area contributed by atoms with Crippen LogP contribution in [0.2, 0.25) is 0 Å². The van der Waals surface area contributed by atoms with Crippen molar-refractivity contribution in [2.45, 2.75) is 43.7 Å². The summed E-state index contributed by atoms with van der Waals surface area (Å²) in [5.41, 5.74) is 1.39. The summed E-state index contributed by atoms with van der Waals surface area (Å²) >= 11 is 0. The van der Waals surface area contributed by atoms with Crippen molar-refractivity contribution in [1.29, 1.82) is 0 Å². The molecule has 4 heterocycles. The predicted molar refractivity (Wildman–Crippen MR) is 132 cm³/mol. The molecule has 0 amide bonds. The summed E-state index contributed by atoms with van der Waals surface area (Å²) < 4.78 is 56.4. The molecule has 5 rings (SSSR count). The van der Waals surface area contributed by atoms with E-state index in [1.165, 1.54) is 28.8 Å². The van der Waals surface area contributed by atoms with Crippen molar-refractivity contribution in [3.8, 4) is 0 Å². The van der Waals surface area contributed by atoms with Gasteiger partial charge in [-0.05, 0) is 38.0 Å². The SMILES string of the molecule is CCCS(=O)(=O)N1CC[C@@H](n2c([C@@H](C)O)nc3cnc4c(ccn4S(=O)(=O)c4ccccc4)c32)C1. The Morgan fingerprint density at radius 3 is 2.57 bits per heavy atom. The van der Waals surface area contributed by atoms with E-state index in [0.717, 1.165) is 3.97 Å². The van der Waals surface area contributed by atoms with Crippen LogP contribution in [0.5, 0.6) is 0 Å². The van der Waals surface area contributed by atoms with E-state index in [0.29, 0.717) is 41.6 Å². The van der Waals surface area contributed by atoms with E-state index in [-0.39, 0.29) is 28.9 Å². The van der Waals surface area contributed by atoms with E-state index in [9.17, 15) is 21.9 Å². The topological polar surface area (TPSA) is 127 Å². The number of aliphatic hydroxyl groups is 1. The number of fused-ring (bicyclic) bond motifs is 3. The third-order valence-electron chi connectivity index (χ3n) is 6.38. The molecule has 0 aliphatic carbocycles. The van der Waals surface area contributed by atoms with Crippen molar-refractivity contribution in [2.24, 2.45) is 0 Å². The lowest BCUT2D eigenvalue weighted by Gasteiger charge is -2.20.